The van der Waals surface area contributed by atoms with Gasteiger partial charge in [-0.2, -0.15) is 0 Å². The van der Waals surface area contributed by atoms with Crippen molar-refractivity contribution in [3.63, 3.8) is 0 Å². The van der Waals surface area contributed by atoms with Gasteiger partial charge in [0.05, 0.1) is 11.4 Å². The van der Waals surface area contributed by atoms with Crippen molar-refractivity contribution in [3.8, 4) is 11.5 Å². The highest BCUT2D eigenvalue weighted by atomic mass is 19.1. The summed E-state index contributed by atoms with van der Waals surface area (Å²) in [4.78, 5) is 8.64. The summed E-state index contributed by atoms with van der Waals surface area (Å²) in [5.74, 6) is -2.39. The fourth-order valence-electron chi connectivity index (χ4n) is 2.92. The van der Waals surface area contributed by atoms with E-state index in [4.69, 9.17) is 0 Å². The molecule has 0 amide bonds. The van der Waals surface area contributed by atoms with E-state index in [1.54, 1.807) is 30.3 Å². The Morgan fingerprint density at radius 3 is 1.97 bits per heavy atom. The van der Waals surface area contributed by atoms with Gasteiger partial charge in [-0.3, -0.25) is 9.98 Å². The van der Waals surface area contributed by atoms with Crippen molar-refractivity contribution < 1.29 is 19.0 Å². The first-order chi connectivity index (χ1) is 14.2. The first kappa shape index (κ1) is 21.2. The summed E-state index contributed by atoms with van der Waals surface area (Å²) in [5, 5.41) is 20.3. The van der Waals surface area contributed by atoms with E-state index in [0.29, 0.717) is 23.0 Å². The Hall–Kier alpha value is -3.54. The van der Waals surface area contributed by atoms with Crippen molar-refractivity contribution in [2.75, 3.05) is 0 Å². The molecule has 2 N–H and O–H groups in total. The minimum atomic E-state index is -1.06. The number of halogens is 2. The van der Waals surface area contributed by atoms with Crippen LogP contribution in [-0.2, 0) is 5.41 Å². The van der Waals surface area contributed by atoms with Crippen LogP contribution >= 0.6 is 0 Å². The Morgan fingerprint density at radius 2 is 1.37 bits per heavy atom. The van der Waals surface area contributed by atoms with Crippen LogP contribution in [0.15, 0.2) is 64.6 Å². The first-order valence-electron chi connectivity index (χ1n) is 9.34. The minimum Gasteiger partial charge on any atom is -0.507 e. The molecule has 0 aliphatic heterocycles. The number of nitrogens with zero attached hydrogens (tertiary/aromatic N) is 2. The average molecular weight is 408 g/mol. The smallest absolute Gasteiger partial charge is 0.168 e. The summed E-state index contributed by atoms with van der Waals surface area (Å²) in [7, 11) is 0. The Kier molecular flexibility index (Phi) is 5.96. The number of phenolic OH excluding ortho intramolecular Hbond substituents is 2. The molecule has 30 heavy (non-hydrogen) atoms. The van der Waals surface area contributed by atoms with Gasteiger partial charge in [0.25, 0.3) is 0 Å². The van der Waals surface area contributed by atoms with Gasteiger partial charge in [-0.15, -0.1) is 0 Å². The molecular weight excluding hydrogens is 386 g/mol. The molecule has 0 aliphatic rings. The van der Waals surface area contributed by atoms with Crippen LogP contribution < -0.4 is 0 Å². The predicted molar refractivity (Wildman–Crippen MR) is 116 cm³/mol. The van der Waals surface area contributed by atoms with Gasteiger partial charge in [0.2, 0.25) is 0 Å². The summed E-state index contributed by atoms with van der Waals surface area (Å²) >= 11 is 0. The molecule has 0 atom stereocenters. The van der Waals surface area contributed by atoms with E-state index in [-0.39, 0.29) is 16.7 Å². The fraction of sp³-hybridized carbons (Fsp3) is 0.167. The highest BCUT2D eigenvalue weighted by Gasteiger charge is 2.19. The van der Waals surface area contributed by atoms with E-state index in [1.165, 1.54) is 12.4 Å². The highest BCUT2D eigenvalue weighted by Crippen LogP contribution is 2.33. The zero-order valence-electron chi connectivity index (χ0n) is 16.9. The lowest BCUT2D eigenvalue weighted by Gasteiger charge is -2.21. The predicted octanol–water partition coefficient (Wildman–Crippen LogP) is 6.17. The third-order valence-corrected chi connectivity index (χ3v) is 4.50. The zero-order valence-corrected chi connectivity index (χ0v) is 16.9. The highest BCUT2D eigenvalue weighted by molar-refractivity contribution is 5.89. The van der Waals surface area contributed by atoms with Crippen LogP contribution in [0.3, 0.4) is 0 Å². The van der Waals surface area contributed by atoms with Crippen LogP contribution in [0, 0.1) is 11.6 Å². The Balaban J connectivity index is 1.94. The molecule has 0 spiro atoms. The monoisotopic (exact) mass is 408 g/mol. The van der Waals surface area contributed by atoms with E-state index in [2.05, 4.69) is 9.98 Å². The molecule has 0 saturated heterocycles. The van der Waals surface area contributed by atoms with Gasteiger partial charge in [0, 0.05) is 29.6 Å². The van der Waals surface area contributed by atoms with Crippen LogP contribution in [0.4, 0.5) is 20.2 Å². The maximum Gasteiger partial charge on any atom is 0.168 e. The first-order valence-corrected chi connectivity index (χ1v) is 9.34. The molecule has 0 fully saturated rings. The molecule has 154 valence electrons. The molecular formula is C24H22F2N2O2. The number of hydrogen-bond acceptors (Lipinski definition) is 4. The molecule has 0 bridgehead atoms. The van der Waals surface area contributed by atoms with Crippen molar-refractivity contribution in [2.24, 2.45) is 9.98 Å². The lowest BCUT2D eigenvalue weighted by Crippen LogP contribution is -2.11. The Morgan fingerprint density at radius 1 is 0.767 bits per heavy atom. The number of hydrogen-bond donors (Lipinski definition) is 2. The second kappa shape index (κ2) is 8.45. The minimum absolute atomic E-state index is 0.0817. The van der Waals surface area contributed by atoms with Gasteiger partial charge in [0.15, 0.2) is 11.6 Å². The van der Waals surface area contributed by atoms with E-state index < -0.39 is 17.4 Å². The van der Waals surface area contributed by atoms with Crippen LogP contribution in [0.2, 0.25) is 0 Å². The van der Waals surface area contributed by atoms with E-state index in [1.807, 2.05) is 32.9 Å². The molecule has 0 aliphatic carbocycles. The topological polar surface area (TPSA) is 65.2 Å². The van der Waals surface area contributed by atoms with E-state index >= 15 is 0 Å². The molecule has 0 heterocycles. The van der Waals surface area contributed by atoms with E-state index in [9.17, 15) is 19.0 Å². The summed E-state index contributed by atoms with van der Waals surface area (Å²) in [6, 6.07) is 14.0. The van der Waals surface area contributed by atoms with Crippen molar-refractivity contribution in [1.29, 1.82) is 0 Å². The maximum atomic E-state index is 13.5. The van der Waals surface area contributed by atoms with Gasteiger partial charge < -0.3 is 10.2 Å². The Labute approximate surface area is 173 Å². The standard InChI is InChI=1S/C24H22F2N2O2/c1-24(2,3)18-8-6-7-15(22(18)29)13-27-20-9-4-5-10-21(20)28-14-16-11-17(25)12-19(26)23(16)30/h4-14,29-30H,1-3H3. The molecule has 6 heteroatoms. The summed E-state index contributed by atoms with van der Waals surface area (Å²) in [6.45, 7) is 6.03. The summed E-state index contributed by atoms with van der Waals surface area (Å²) < 4.78 is 26.9. The molecule has 4 nitrogen and oxygen atoms in total. The SMILES string of the molecule is CC(C)(C)c1cccc(C=Nc2ccccc2N=Cc2cc(F)cc(F)c2O)c1O. The normalized spacial score (nSPS) is 12.2. The summed E-state index contributed by atoms with van der Waals surface area (Å²) in [6.07, 6.45) is 2.71. The molecule has 0 saturated carbocycles. The van der Waals surface area contributed by atoms with Crippen LogP contribution in [0.5, 0.6) is 11.5 Å². The molecule has 3 rings (SSSR count). The van der Waals surface area contributed by atoms with Crippen LogP contribution in [0.25, 0.3) is 0 Å². The van der Waals surface area contributed by atoms with Gasteiger partial charge in [0.1, 0.15) is 11.6 Å². The number of para-hydroxylation sites is 3. The van der Waals surface area contributed by atoms with Crippen LogP contribution in [0.1, 0.15) is 37.5 Å². The van der Waals surface area contributed by atoms with Crippen molar-refractivity contribution in [3.05, 3.63) is 82.9 Å². The maximum absolute atomic E-state index is 13.5. The number of aromatic hydroxyl groups is 2. The quantitative estimate of drug-likeness (QED) is 0.507. The molecule has 0 radical (unpaired) electrons. The fourth-order valence-corrected chi connectivity index (χ4v) is 2.92. The number of aliphatic imine (C=N–C) groups is 2. The van der Waals surface area contributed by atoms with Crippen molar-refractivity contribution in [2.45, 2.75) is 26.2 Å². The second-order valence-electron chi connectivity index (χ2n) is 7.82. The van der Waals surface area contributed by atoms with Gasteiger partial charge in [-0.25, -0.2) is 8.78 Å². The molecule has 3 aromatic carbocycles. The summed E-state index contributed by atoms with van der Waals surface area (Å²) in [5.41, 5.74) is 1.99. The Bertz CT molecular complexity index is 1130. The number of phenols is 2. The number of rotatable bonds is 4. The lowest BCUT2D eigenvalue weighted by molar-refractivity contribution is 0.427. The van der Waals surface area contributed by atoms with Gasteiger partial charge in [-0.1, -0.05) is 45.0 Å². The lowest BCUT2D eigenvalue weighted by atomic mass is 9.85. The third kappa shape index (κ3) is 4.71. The largest absolute Gasteiger partial charge is 0.507 e. The zero-order chi connectivity index (χ0) is 21.9. The van der Waals surface area contributed by atoms with Crippen molar-refractivity contribution >= 4 is 23.8 Å². The molecule has 3 aromatic rings. The van der Waals surface area contributed by atoms with Crippen LogP contribution in [-0.4, -0.2) is 22.6 Å². The second-order valence-corrected chi connectivity index (χ2v) is 7.82. The third-order valence-electron chi connectivity index (χ3n) is 4.50. The van der Waals surface area contributed by atoms with Gasteiger partial charge >= 0.3 is 0 Å². The van der Waals surface area contributed by atoms with Crippen molar-refractivity contribution in [1.82, 2.24) is 0 Å². The molecule has 0 unspecified atom stereocenters. The van der Waals surface area contributed by atoms with Gasteiger partial charge in [-0.05, 0) is 35.2 Å². The van der Waals surface area contributed by atoms with E-state index in [0.717, 1.165) is 11.6 Å². The average Bonchev–Trinajstić information content (AvgIpc) is 2.68. The molecule has 0 aromatic heterocycles. The number of benzene rings is 3.